The summed E-state index contributed by atoms with van der Waals surface area (Å²) in [6.07, 6.45) is 3.92. The molecule has 0 bridgehead atoms. The van der Waals surface area contributed by atoms with Crippen molar-refractivity contribution in [2.75, 3.05) is 13.2 Å². The third kappa shape index (κ3) is 3.59. The van der Waals surface area contributed by atoms with Crippen LogP contribution < -0.4 is 4.72 Å². The minimum Gasteiger partial charge on any atom is -0.396 e. The molecule has 20 heavy (non-hydrogen) atoms. The van der Waals surface area contributed by atoms with Crippen molar-refractivity contribution in [2.24, 2.45) is 5.92 Å². The van der Waals surface area contributed by atoms with Gasteiger partial charge in [-0.1, -0.05) is 12.8 Å². The maximum Gasteiger partial charge on any atom is 0.244 e. The summed E-state index contributed by atoms with van der Waals surface area (Å²) in [6, 6.07) is 0. The fourth-order valence-corrected chi connectivity index (χ4v) is 3.84. The third-order valence-electron chi connectivity index (χ3n) is 3.65. The summed E-state index contributed by atoms with van der Waals surface area (Å²) in [6.45, 7) is 4.55. The number of nitrogens with zero attached hydrogens (tertiary/aromatic N) is 2. The van der Waals surface area contributed by atoms with Crippen LogP contribution >= 0.6 is 0 Å². The maximum atomic E-state index is 12.3. The summed E-state index contributed by atoms with van der Waals surface area (Å²) >= 11 is 0. The lowest BCUT2D eigenvalue weighted by molar-refractivity contribution is 0.276. The van der Waals surface area contributed by atoms with Crippen molar-refractivity contribution in [3.05, 3.63) is 11.4 Å². The molecule has 1 aliphatic rings. The van der Waals surface area contributed by atoms with Crippen molar-refractivity contribution >= 4 is 10.0 Å². The Morgan fingerprint density at radius 1 is 1.40 bits per heavy atom. The molecule has 0 amide bonds. The van der Waals surface area contributed by atoms with Crippen molar-refractivity contribution < 1.29 is 13.5 Å². The zero-order valence-corrected chi connectivity index (χ0v) is 12.9. The molecule has 1 aromatic heterocycles. The molecule has 1 saturated carbocycles. The first kappa shape index (κ1) is 15.5. The average molecular weight is 301 g/mol. The second-order valence-electron chi connectivity index (χ2n) is 5.43. The third-order valence-corrected chi connectivity index (χ3v) is 5.37. The second kappa shape index (κ2) is 6.24. The molecule has 0 aromatic carbocycles. The molecule has 0 saturated heterocycles. The molecule has 6 nitrogen and oxygen atoms in total. The minimum absolute atomic E-state index is 0.0695. The first-order chi connectivity index (χ1) is 9.45. The Bertz CT molecular complexity index is 562. The molecule has 7 heteroatoms. The van der Waals surface area contributed by atoms with Crippen molar-refractivity contribution in [2.45, 2.75) is 51.0 Å². The Labute approximate surface area is 120 Å². The molecule has 0 atom stereocenters. The number of nitrogens with one attached hydrogen (secondary N) is 1. The quantitative estimate of drug-likeness (QED) is 0.749. The lowest BCUT2D eigenvalue weighted by Gasteiger charge is -2.07. The van der Waals surface area contributed by atoms with E-state index >= 15 is 0 Å². The Hall–Kier alpha value is -0.920. The normalized spacial score (nSPS) is 15.8. The molecule has 2 N–H and O–H groups in total. The molecular weight excluding hydrogens is 278 g/mol. The van der Waals surface area contributed by atoms with Crippen LogP contribution in [0.4, 0.5) is 0 Å². The van der Waals surface area contributed by atoms with Crippen LogP contribution in [0.1, 0.15) is 37.1 Å². The minimum atomic E-state index is -3.49. The van der Waals surface area contributed by atoms with Gasteiger partial charge < -0.3 is 5.11 Å². The molecular formula is C13H23N3O3S. The number of aromatic nitrogens is 2. The SMILES string of the molecule is Cc1nn(CCCO)c(C)c1S(=O)(=O)NCCC1CC1. The zero-order chi connectivity index (χ0) is 14.8. The van der Waals surface area contributed by atoms with E-state index < -0.39 is 10.0 Å². The number of aryl methyl sites for hydroxylation is 2. The molecule has 0 aliphatic heterocycles. The van der Waals surface area contributed by atoms with Crippen LogP contribution in [0.15, 0.2) is 4.90 Å². The standard InChI is InChI=1S/C13H23N3O3S/c1-10-13(11(2)16(15-10)8-3-9-17)20(18,19)14-7-6-12-4-5-12/h12,14,17H,3-9H2,1-2H3. The van der Waals surface area contributed by atoms with Gasteiger partial charge in [0.1, 0.15) is 4.90 Å². The predicted octanol–water partition coefficient (Wildman–Crippen LogP) is 0.961. The first-order valence-corrected chi connectivity index (χ1v) is 8.58. The Kier molecular flexibility index (Phi) is 4.82. The van der Waals surface area contributed by atoms with Gasteiger partial charge in [0.05, 0.1) is 11.4 Å². The van der Waals surface area contributed by atoms with E-state index in [2.05, 4.69) is 9.82 Å². The summed E-state index contributed by atoms with van der Waals surface area (Å²) in [5.41, 5.74) is 1.15. The van der Waals surface area contributed by atoms with E-state index in [0.717, 1.165) is 6.42 Å². The highest BCUT2D eigenvalue weighted by Gasteiger charge is 2.26. The Morgan fingerprint density at radius 2 is 2.10 bits per heavy atom. The van der Waals surface area contributed by atoms with Gasteiger partial charge in [0.2, 0.25) is 10.0 Å². The van der Waals surface area contributed by atoms with E-state index in [4.69, 9.17) is 5.11 Å². The fraction of sp³-hybridized carbons (Fsp3) is 0.769. The number of sulfonamides is 1. The number of rotatable bonds is 8. The van der Waals surface area contributed by atoms with Gasteiger partial charge in [-0.15, -0.1) is 0 Å². The van der Waals surface area contributed by atoms with Gasteiger partial charge >= 0.3 is 0 Å². The maximum absolute atomic E-state index is 12.3. The van der Waals surface area contributed by atoms with Gasteiger partial charge in [0.15, 0.2) is 0 Å². The van der Waals surface area contributed by atoms with Crippen LogP contribution in [0, 0.1) is 19.8 Å². The molecule has 114 valence electrons. The number of aliphatic hydroxyl groups is 1. The van der Waals surface area contributed by atoms with Gasteiger partial charge in [-0.2, -0.15) is 5.10 Å². The van der Waals surface area contributed by atoms with Crippen LogP contribution in [0.2, 0.25) is 0 Å². The summed E-state index contributed by atoms with van der Waals surface area (Å²) in [7, 11) is -3.49. The molecule has 1 heterocycles. The number of hydrogen-bond donors (Lipinski definition) is 2. The van der Waals surface area contributed by atoms with Gasteiger partial charge in [0, 0.05) is 19.7 Å². The van der Waals surface area contributed by atoms with Crippen LogP contribution in [0.25, 0.3) is 0 Å². The van der Waals surface area contributed by atoms with Gasteiger partial charge in [-0.3, -0.25) is 4.68 Å². The lowest BCUT2D eigenvalue weighted by atomic mass is 10.3. The molecule has 1 fully saturated rings. The molecule has 1 aromatic rings. The first-order valence-electron chi connectivity index (χ1n) is 7.10. The zero-order valence-electron chi connectivity index (χ0n) is 12.1. The lowest BCUT2D eigenvalue weighted by Crippen LogP contribution is -2.26. The van der Waals surface area contributed by atoms with Gasteiger partial charge in [0.25, 0.3) is 0 Å². The van der Waals surface area contributed by atoms with E-state index in [0.29, 0.717) is 36.8 Å². The summed E-state index contributed by atoms with van der Waals surface area (Å²) in [5, 5.41) is 13.1. The largest absolute Gasteiger partial charge is 0.396 e. The fourth-order valence-electron chi connectivity index (χ4n) is 2.38. The van der Waals surface area contributed by atoms with Crippen LogP contribution in [-0.2, 0) is 16.6 Å². The number of hydrogen-bond acceptors (Lipinski definition) is 4. The van der Waals surface area contributed by atoms with Crippen molar-refractivity contribution in [1.29, 1.82) is 0 Å². The van der Waals surface area contributed by atoms with Crippen molar-refractivity contribution in [1.82, 2.24) is 14.5 Å². The smallest absolute Gasteiger partial charge is 0.244 e. The van der Waals surface area contributed by atoms with E-state index in [1.165, 1.54) is 12.8 Å². The molecule has 0 radical (unpaired) electrons. The van der Waals surface area contributed by atoms with Gasteiger partial charge in [-0.25, -0.2) is 13.1 Å². The summed E-state index contributed by atoms with van der Waals surface area (Å²) in [4.78, 5) is 0.284. The van der Waals surface area contributed by atoms with E-state index in [-0.39, 0.29) is 11.5 Å². The average Bonchev–Trinajstić information content (AvgIpc) is 3.13. The monoisotopic (exact) mass is 301 g/mol. The molecule has 1 aliphatic carbocycles. The van der Waals surface area contributed by atoms with Gasteiger partial charge in [-0.05, 0) is 32.6 Å². The van der Waals surface area contributed by atoms with Crippen molar-refractivity contribution in [3.63, 3.8) is 0 Å². The summed E-state index contributed by atoms with van der Waals surface area (Å²) in [5.74, 6) is 0.701. The predicted molar refractivity (Wildman–Crippen MR) is 75.9 cm³/mol. The molecule has 0 unspecified atom stereocenters. The Morgan fingerprint density at radius 3 is 2.70 bits per heavy atom. The summed E-state index contributed by atoms with van der Waals surface area (Å²) < 4.78 is 29.0. The Balaban J connectivity index is 2.10. The highest BCUT2D eigenvalue weighted by atomic mass is 32.2. The van der Waals surface area contributed by atoms with E-state index in [1.54, 1.807) is 18.5 Å². The molecule has 0 spiro atoms. The number of aliphatic hydroxyl groups excluding tert-OH is 1. The van der Waals surface area contributed by atoms with Crippen LogP contribution in [-0.4, -0.2) is 36.5 Å². The topological polar surface area (TPSA) is 84.2 Å². The highest BCUT2D eigenvalue weighted by Crippen LogP contribution is 2.32. The van der Waals surface area contributed by atoms with Crippen LogP contribution in [0.3, 0.4) is 0 Å². The van der Waals surface area contributed by atoms with E-state index in [1.807, 2.05) is 0 Å². The molecule has 2 rings (SSSR count). The van der Waals surface area contributed by atoms with Crippen LogP contribution in [0.5, 0.6) is 0 Å². The second-order valence-corrected chi connectivity index (χ2v) is 7.13. The highest BCUT2D eigenvalue weighted by molar-refractivity contribution is 7.89. The van der Waals surface area contributed by atoms with Crippen molar-refractivity contribution in [3.8, 4) is 0 Å². The van der Waals surface area contributed by atoms with E-state index in [9.17, 15) is 8.42 Å².